The first kappa shape index (κ1) is 26.4. The van der Waals surface area contributed by atoms with Gasteiger partial charge in [0.2, 0.25) is 0 Å². The molecule has 3 heterocycles. The van der Waals surface area contributed by atoms with Crippen LogP contribution in [0.1, 0.15) is 36.0 Å². The second-order valence-corrected chi connectivity index (χ2v) is 10.5. The number of carbonyl (C=O) groups is 1. The van der Waals surface area contributed by atoms with Gasteiger partial charge in [0.05, 0.1) is 22.8 Å². The molecular weight excluding hydrogens is 516 g/mol. The van der Waals surface area contributed by atoms with Crippen LogP contribution in [0.5, 0.6) is 0 Å². The number of nitro benzene ring substituents is 1. The first-order valence-electron chi connectivity index (χ1n) is 12.8. The van der Waals surface area contributed by atoms with Crippen LogP contribution in [-0.4, -0.2) is 73.2 Å². The predicted octanol–water partition coefficient (Wildman–Crippen LogP) is 4.84. The molecule has 2 aromatic carbocycles. The first-order valence-corrected chi connectivity index (χ1v) is 13.6. The van der Waals surface area contributed by atoms with E-state index in [1.54, 1.807) is 12.1 Å². The average Bonchev–Trinajstić information content (AvgIpc) is 3.35. The van der Waals surface area contributed by atoms with Crippen LogP contribution in [0.4, 0.5) is 25.3 Å². The summed E-state index contributed by atoms with van der Waals surface area (Å²) in [6.07, 6.45) is 3.62. The second kappa shape index (κ2) is 11.7. The quantitative estimate of drug-likeness (QED) is 0.295. The number of rotatable bonds is 8. The van der Waals surface area contributed by atoms with Crippen LogP contribution in [0.15, 0.2) is 30.3 Å². The zero-order valence-electron chi connectivity index (χ0n) is 20.9. The number of hydrogen-bond acceptors (Lipinski definition) is 8. The number of benzene rings is 2. The Balaban J connectivity index is 1.45. The third kappa shape index (κ3) is 5.77. The Morgan fingerprint density at radius 1 is 1.11 bits per heavy atom. The van der Waals surface area contributed by atoms with E-state index < -0.39 is 22.5 Å². The molecule has 202 valence electrons. The Bertz CT molecular complexity index is 1320. The zero-order chi connectivity index (χ0) is 26.6. The molecule has 0 spiro atoms. The van der Waals surface area contributed by atoms with Gasteiger partial charge in [-0.2, -0.15) is 0 Å². The van der Waals surface area contributed by atoms with Crippen LogP contribution >= 0.6 is 11.3 Å². The van der Waals surface area contributed by atoms with Crippen molar-refractivity contribution >= 4 is 44.0 Å². The SMILES string of the molecule is O=C(c1ccc(N2CCCCC2)c([N+](=O)[O-])c1)N(CCCN1CCOCC1)c1nc2c(F)cc(F)cc2s1. The second-order valence-electron chi connectivity index (χ2n) is 9.50. The molecule has 2 fully saturated rings. The van der Waals surface area contributed by atoms with Crippen molar-refractivity contribution in [2.75, 3.05) is 62.3 Å². The number of nitrogens with zero attached hydrogens (tertiary/aromatic N) is 5. The van der Waals surface area contributed by atoms with Crippen molar-refractivity contribution < 1.29 is 23.2 Å². The van der Waals surface area contributed by atoms with Gasteiger partial charge in [0, 0.05) is 57.0 Å². The molecule has 0 bridgehead atoms. The molecule has 9 nitrogen and oxygen atoms in total. The number of amides is 1. The van der Waals surface area contributed by atoms with E-state index in [1.807, 2.05) is 4.90 Å². The maximum atomic E-state index is 14.4. The molecule has 3 aromatic rings. The van der Waals surface area contributed by atoms with Gasteiger partial charge < -0.3 is 9.64 Å². The third-order valence-electron chi connectivity index (χ3n) is 6.95. The number of carbonyl (C=O) groups excluding carboxylic acids is 1. The Morgan fingerprint density at radius 3 is 2.61 bits per heavy atom. The molecule has 0 aliphatic carbocycles. The fourth-order valence-corrected chi connectivity index (χ4v) is 6.01. The molecule has 0 saturated carbocycles. The van der Waals surface area contributed by atoms with Gasteiger partial charge in [-0.05, 0) is 43.9 Å². The lowest BCUT2D eigenvalue weighted by Gasteiger charge is -2.29. The first-order chi connectivity index (χ1) is 18.4. The van der Waals surface area contributed by atoms with Gasteiger partial charge in [-0.3, -0.25) is 24.7 Å². The molecular formula is C26H29F2N5O4S. The standard InChI is InChI=1S/C26H29F2N5O4S/c27-19-16-20(28)24-23(17-19)38-26(29-24)32(10-4-7-30-11-13-37-14-12-30)25(34)18-5-6-21(22(15-18)33(35)36)31-8-2-1-3-9-31/h5-6,15-17H,1-4,7-14H2. The maximum Gasteiger partial charge on any atom is 0.293 e. The lowest BCUT2D eigenvalue weighted by atomic mass is 10.1. The summed E-state index contributed by atoms with van der Waals surface area (Å²) >= 11 is 1.02. The predicted molar refractivity (Wildman–Crippen MR) is 142 cm³/mol. The van der Waals surface area contributed by atoms with Crippen LogP contribution in [0.3, 0.4) is 0 Å². The van der Waals surface area contributed by atoms with Gasteiger partial charge >= 0.3 is 0 Å². The van der Waals surface area contributed by atoms with Crippen molar-refractivity contribution in [3.63, 3.8) is 0 Å². The van der Waals surface area contributed by atoms with Crippen molar-refractivity contribution in [2.45, 2.75) is 25.7 Å². The van der Waals surface area contributed by atoms with E-state index in [0.717, 1.165) is 69.4 Å². The number of thiazole rings is 1. The van der Waals surface area contributed by atoms with E-state index in [0.29, 0.717) is 25.3 Å². The molecule has 2 aliphatic heterocycles. The highest BCUT2D eigenvalue weighted by Gasteiger charge is 2.27. The molecule has 0 radical (unpaired) electrons. The van der Waals surface area contributed by atoms with Crippen molar-refractivity contribution in [3.8, 4) is 0 Å². The zero-order valence-corrected chi connectivity index (χ0v) is 21.7. The molecule has 5 rings (SSSR count). The molecule has 2 saturated heterocycles. The Labute approximate surface area is 222 Å². The highest BCUT2D eigenvalue weighted by molar-refractivity contribution is 7.22. The number of ether oxygens (including phenoxy) is 1. The largest absolute Gasteiger partial charge is 0.379 e. The summed E-state index contributed by atoms with van der Waals surface area (Å²) in [5.74, 6) is -2.00. The van der Waals surface area contributed by atoms with E-state index in [2.05, 4.69) is 9.88 Å². The summed E-state index contributed by atoms with van der Waals surface area (Å²) in [4.78, 5) is 35.2. The highest BCUT2D eigenvalue weighted by atomic mass is 32.1. The molecule has 38 heavy (non-hydrogen) atoms. The van der Waals surface area contributed by atoms with E-state index in [1.165, 1.54) is 17.0 Å². The van der Waals surface area contributed by atoms with Gasteiger partial charge in [0.25, 0.3) is 11.6 Å². The van der Waals surface area contributed by atoms with Crippen LogP contribution < -0.4 is 9.80 Å². The Morgan fingerprint density at radius 2 is 1.87 bits per heavy atom. The van der Waals surface area contributed by atoms with Crippen molar-refractivity contribution in [3.05, 3.63) is 57.6 Å². The third-order valence-corrected chi connectivity index (χ3v) is 7.98. The minimum Gasteiger partial charge on any atom is -0.379 e. The van der Waals surface area contributed by atoms with Crippen LogP contribution in [0.2, 0.25) is 0 Å². The lowest BCUT2D eigenvalue weighted by molar-refractivity contribution is -0.384. The fraction of sp³-hybridized carbons (Fsp3) is 0.462. The van der Waals surface area contributed by atoms with Gasteiger partial charge in [-0.15, -0.1) is 0 Å². The van der Waals surface area contributed by atoms with Gasteiger partial charge in [-0.1, -0.05) is 11.3 Å². The van der Waals surface area contributed by atoms with Crippen molar-refractivity contribution in [1.82, 2.24) is 9.88 Å². The van der Waals surface area contributed by atoms with E-state index >= 15 is 0 Å². The number of morpholine rings is 1. The Hall–Kier alpha value is -3.22. The minimum atomic E-state index is -0.801. The normalized spacial score (nSPS) is 16.6. The number of hydrogen-bond donors (Lipinski definition) is 0. The molecule has 2 aliphatic rings. The number of anilines is 2. The highest BCUT2D eigenvalue weighted by Crippen LogP contribution is 2.35. The number of aromatic nitrogens is 1. The fourth-order valence-electron chi connectivity index (χ4n) is 4.98. The van der Waals surface area contributed by atoms with Crippen LogP contribution in [0.25, 0.3) is 10.2 Å². The van der Waals surface area contributed by atoms with Gasteiger partial charge in [0.15, 0.2) is 10.9 Å². The summed E-state index contributed by atoms with van der Waals surface area (Å²) in [7, 11) is 0. The molecule has 0 atom stereocenters. The van der Waals surface area contributed by atoms with Crippen molar-refractivity contribution in [1.29, 1.82) is 0 Å². The van der Waals surface area contributed by atoms with Gasteiger partial charge in [-0.25, -0.2) is 13.8 Å². The van der Waals surface area contributed by atoms with Crippen LogP contribution in [0, 0.1) is 21.7 Å². The molecule has 1 aromatic heterocycles. The van der Waals surface area contributed by atoms with E-state index in [4.69, 9.17) is 4.74 Å². The molecule has 0 unspecified atom stereocenters. The number of fused-ring (bicyclic) bond motifs is 1. The van der Waals surface area contributed by atoms with Crippen LogP contribution in [-0.2, 0) is 4.74 Å². The van der Waals surface area contributed by atoms with E-state index in [-0.39, 0.29) is 33.1 Å². The van der Waals surface area contributed by atoms with E-state index in [9.17, 15) is 23.7 Å². The molecule has 12 heteroatoms. The monoisotopic (exact) mass is 545 g/mol. The van der Waals surface area contributed by atoms with Crippen molar-refractivity contribution in [2.24, 2.45) is 0 Å². The summed E-state index contributed by atoms with van der Waals surface area (Å²) in [6.45, 7) is 5.34. The summed E-state index contributed by atoms with van der Waals surface area (Å²) in [5.41, 5.74) is 0.518. The summed E-state index contributed by atoms with van der Waals surface area (Å²) in [6, 6.07) is 6.50. The maximum absolute atomic E-state index is 14.4. The summed E-state index contributed by atoms with van der Waals surface area (Å²) < 4.78 is 33.9. The molecule has 0 N–H and O–H groups in total. The topological polar surface area (TPSA) is 92.0 Å². The van der Waals surface area contributed by atoms with Gasteiger partial charge in [0.1, 0.15) is 17.0 Å². The molecule has 1 amide bonds. The smallest absolute Gasteiger partial charge is 0.293 e. The number of halogens is 2. The number of piperidine rings is 1. The minimum absolute atomic E-state index is 0.0104. The Kier molecular flexibility index (Phi) is 8.10. The number of nitro groups is 1. The summed E-state index contributed by atoms with van der Waals surface area (Å²) in [5, 5.41) is 12.2. The lowest BCUT2D eigenvalue weighted by Crippen LogP contribution is -2.39. The average molecular weight is 546 g/mol.